The van der Waals surface area contributed by atoms with Crippen LogP contribution in [0.25, 0.3) is 0 Å². The van der Waals surface area contributed by atoms with Crippen LogP contribution >= 0.6 is 43.2 Å². The molecule has 0 spiro atoms. The zero-order valence-corrected chi connectivity index (χ0v) is 13.6. The van der Waals surface area contributed by atoms with E-state index in [1.807, 2.05) is 17.5 Å². The highest BCUT2D eigenvalue weighted by Crippen LogP contribution is 2.26. The molecule has 0 bridgehead atoms. The molecule has 1 aromatic carbocycles. The van der Waals surface area contributed by atoms with Crippen LogP contribution in [0.3, 0.4) is 0 Å². The van der Waals surface area contributed by atoms with E-state index < -0.39 is 0 Å². The fraction of sp³-hybridized carbons (Fsp3) is 0.0833. The van der Waals surface area contributed by atoms with Gasteiger partial charge in [0.1, 0.15) is 12.4 Å². The van der Waals surface area contributed by atoms with Gasteiger partial charge in [-0.2, -0.15) is 0 Å². The molecule has 0 saturated carbocycles. The van der Waals surface area contributed by atoms with E-state index in [1.54, 1.807) is 23.5 Å². The maximum Gasteiger partial charge on any atom is 0.173 e. The summed E-state index contributed by atoms with van der Waals surface area (Å²) in [7, 11) is 0. The van der Waals surface area contributed by atoms with Gasteiger partial charge in [0, 0.05) is 19.2 Å². The predicted molar refractivity (Wildman–Crippen MR) is 83.0 cm³/mol. The molecule has 2 rings (SSSR count). The maximum absolute atomic E-state index is 8.78. The molecule has 7 heteroatoms. The van der Waals surface area contributed by atoms with Crippen LogP contribution in [0.2, 0.25) is 0 Å². The monoisotopic (exact) mass is 404 g/mol. The van der Waals surface area contributed by atoms with E-state index in [-0.39, 0.29) is 5.84 Å². The van der Waals surface area contributed by atoms with Gasteiger partial charge >= 0.3 is 0 Å². The van der Waals surface area contributed by atoms with Gasteiger partial charge in [-0.05, 0) is 40.2 Å². The second kappa shape index (κ2) is 6.40. The molecule has 0 aliphatic rings. The summed E-state index contributed by atoms with van der Waals surface area (Å²) < 4.78 is 7.58. The van der Waals surface area contributed by atoms with Gasteiger partial charge in [-0.1, -0.05) is 21.1 Å². The Hall–Kier alpha value is -1.05. The van der Waals surface area contributed by atoms with Crippen molar-refractivity contribution in [2.75, 3.05) is 0 Å². The Balaban J connectivity index is 2.20. The van der Waals surface area contributed by atoms with Crippen LogP contribution < -0.4 is 10.5 Å². The first-order valence-corrected chi connectivity index (χ1v) is 7.70. The Morgan fingerprint density at radius 3 is 2.74 bits per heavy atom. The van der Waals surface area contributed by atoms with Gasteiger partial charge in [0.2, 0.25) is 0 Å². The average molecular weight is 406 g/mol. The minimum Gasteiger partial charge on any atom is -0.487 e. The molecule has 100 valence electrons. The fourth-order valence-electron chi connectivity index (χ4n) is 1.46. The number of halogens is 2. The third-order valence-corrected chi connectivity index (χ3v) is 4.48. The van der Waals surface area contributed by atoms with Gasteiger partial charge in [-0.3, -0.25) is 0 Å². The normalized spacial score (nSPS) is 11.6. The fourth-order valence-corrected chi connectivity index (χ4v) is 3.18. The molecule has 0 amide bonds. The Morgan fingerprint density at radius 1 is 1.32 bits per heavy atom. The van der Waals surface area contributed by atoms with Crippen molar-refractivity contribution in [2.24, 2.45) is 10.9 Å². The molecule has 0 radical (unpaired) electrons. The molecule has 19 heavy (non-hydrogen) atoms. The topological polar surface area (TPSA) is 67.8 Å². The summed E-state index contributed by atoms with van der Waals surface area (Å²) in [5, 5.41) is 13.8. The van der Waals surface area contributed by atoms with E-state index in [4.69, 9.17) is 15.7 Å². The lowest BCUT2D eigenvalue weighted by Gasteiger charge is -2.10. The summed E-state index contributed by atoms with van der Waals surface area (Å²) in [6.07, 6.45) is 0. The molecule has 2 aromatic rings. The van der Waals surface area contributed by atoms with E-state index in [9.17, 15) is 0 Å². The molecular formula is C12H10Br2N2O2S. The van der Waals surface area contributed by atoms with Crippen molar-refractivity contribution < 1.29 is 9.94 Å². The number of thiophene rings is 1. The lowest BCUT2D eigenvalue weighted by molar-refractivity contribution is 0.306. The van der Waals surface area contributed by atoms with E-state index in [0.717, 1.165) is 13.8 Å². The lowest BCUT2D eigenvalue weighted by Crippen LogP contribution is -2.14. The zero-order chi connectivity index (χ0) is 13.8. The van der Waals surface area contributed by atoms with E-state index in [0.29, 0.717) is 17.9 Å². The minimum atomic E-state index is 0.0173. The molecule has 1 aromatic heterocycles. The Kier molecular flexibility index (Phi) is 4.84. The third-order valence-electron chi connectivity index (χ3n) is 2.32. The highest BCUT2D eigenvalue weighted by molar-refractivity contribution is 9.10. The molecule has 0 aliphatic heterocycles. The number of benzene rings is 1. The summed E-state index contributed by atoms with van der Waals surface area (Å²) >= 11 is 8.33. The van der Waals surface area contributed by atoms with Crippen LogP contribution in [-0.4, -0.2) is 11.0 Å². The van der Waals surface area contributed by atoms with Crippen LogP contribution in [0, 0.1) is 0 Å². The second-order valence-electron chi connectivity index (χ2n) is 3.65. The molecule has 0 unspecified atom stereocenters. The minimum absolute atomic E-state index is 0.0173. The molecule has 4 nitrogen and oxygen atoms in total. The number of rotatable bonds is 4. The van der Waals surface area contributed by atoms with Crippen molar-refractivity contribution in [3.05, 3.63) is 49.0 Å². The molecular weight excluding hydrogens is 396 g/mol. The molecule has 0 aliphatic carbocycles. The van der Waals surface area contributed by atoms with Crippen LogP contribution in [0.1, 0.15) is 10.4 Å². The summed E-state index contributed by atoms with van der Waals surface area (Å²) in [6.45, 7) is 0.434. The standard InChI is InChI=1S/C12H10Br2N2O2S/c13-7-1-2-11(10(4-7)12(15)16-17)18-5-9-3-8(14)6-19-9/h1-4,6,17H,5H2,(H2,15,16). The first-order valence-electron chi connectivity index (χ1n) is 5.23. The number of hydrogen-bond acceptors (Lipinski definition) is 4. The number of amidine groups is 1. The van der Waals surface area contributed by atoms with E-state index in [1.165, 1.54) is 0 Å². The van der Waals surface area contributed by atoms with Gasteiger partial charge in [-0.15, -0.1) is 11.3 Å². The zero-order valence-electron chi connectivity index (χ0n) is 9.64. The van der Waals surface area contributed by atoms with Crippen LogP contribution in [0.4, 0.5) is 0 Å². The van der Waals surface area contributed by atoms with E-state index in [2.05, 4.69) is 37.0 Å². The number of nitrogens with two attached hydrogens (primary N) is 1. The maximum atomic E-state index is 8.78. The van der Waals surface area contributed by atoms with Crippen molar-refractivity contribution in [1.82, 2.24) is 0 Å². The highest BCUT2D eigenvalue weighted by atomic mass is 79.9. The van der Waals surface area contributed by atoms with Crippen molar-refractivity contribution in [3.63, 3.8) is 0 Å². The Morgan fingerprint density at radius 2 is 2.11 bits per heavy atom. The molecule has 0 saturated heterocycles. The van der Waals surface area contributed by atoms with Crippen molar-refractivity contribution in [1.29, 1.82) is 0 Å². The first kappa shape index (κ1) is 14.4. The van der Waals surface area contributed by atoms with Gasteiger partial charge in [-0.25, -0.2) is 0 Å². The largest absolute Gasteiger partial charge is 0.487 e. The summed E-state index contributed by atoms with van der Waals surface area (Å²) in [4.78, 5) is 1.08. The van der Waals surface area contributed by atoms with Crippen molar-refractivity contribution >= 4 is 49.0 Å². The summed E-state index contributed by atoms with van der Waals surface area (Å²) in [6, 6.07) is 7.36. The van der Waals surface area contributed by atoms with Crippen LogP contribution in [0.5, 0.6) is 5.75 Å². The first-order chi connectivity index (χ1) is 9.10. The average Bonchev–Trinajstić information content (AvgIpc) is 2.82. The lowest BCUT2D eigenvalue weighted by atomic mass is 10.2. The number of oxime groups is 1. The van der Waals surface area contributed by atoms with Crippen LogP contribution in [0.15, 0.2) is 43.7 Å². The number of hydrogen-bond donors (Lipinski definition) is 2. The summed E-state index contributed by atoms with van der Waals surface area (Å²) in [5.74, 6) is 0.590. The SMILES string of the molecule is N/C(=N/O)c1cc(Br)ccc1OCc1cc(Br)cs1. The van der Waals surface area contributed by atoms with Crippen molar-refractivity contribution in [2.45, 2.75) is 6.61 Å². The molecule has 1 heterocycles. The highest BCUT2D eigenvalue weighted by Gasteiger charge is 2.10. The second-order valence-corrected chi connectivity index (χ2v) is 6.47. The smallest absolute Gasteiger partial charge is 0.173 e. The Bertz CT molecular complexity index is 614. The van der Waals surface area contributed by atoms with Gasteiger partial charge < -0.3 is 15.7 Å². The Labute approximate surface area is 131 Å². The number of nitrogens with zero attached hydrogens (tertiary/aromatic N) is 1. The van der Waals surface area contributed by atoms with Gasteiger partial charge in [0.15, 0.2) is 5.84 Å². The molecule has 3 N–H and O–H groups in total. The van der Waals surface area contributed by atoms with Gasteiger partial charge in [0.05, 0.1) is 5.56 Å². The third kappa shape index (κ3) is 3.71. The molecule has 0 atom stereocenters. The summed E-state index contributed by atoms with van der Waals surface area (Å²) in [5.41, 5.74) is 6.18. The van der Waals surface area contributed by atoms with E-state index >= 15 is 0 Å². The quantitative estimate of drug-likeness (QED) is 0.350. The predicted octanol–water partition coefficient (Wildman–Crippen LogP) is 3.95. The number of ether oxygens (including phenoxy) is 1. The van der Waals surface area contributed by atoms with Crippen molar-refractivity contribution in [3.8, 4) is 5.75 Å². The van der Waals surface area contributed by atoms with Crippen LogP contribution in [-0.2, 0) is 6.61 Å². The van der Waals surface area contributed by atoms with Gasteiger partial charge in [0.25, 0.3) is 0 Å². The molecule has 0 fully saturated rings.